The molecule has 0 saturated heterocycles. The van der Waals surface area contributed by atoms with E-state index in [1.165, 1.54) is 6.07 Å². The topological polar surface area (TPSA) is 25.8 Å². The fourth-order valence-electron chi connectivity index (χ4n) is 2.31. The van der Waals surface area contributed by atoms with Crippen molar-refractivity contribution in [1.82, 2.24) is 9.97 Å². The van der Waals surface area contributed by atoms with Gasteiger partial charge in [0.05, 0.1) is 0 Å². The molecule has 4 heteroatoms. The Labute approximate surface area is 127 Å². The predicted molar refractivity (Wildman–Crippen MR) is 84.0 cm³/mol. The van der Waals surface area contributed by atoms with E-state index >= 15 is 0 Å². The Morgan fingerprint density at radius 3 is 2.43 bits per heavy atom. The third kappa shape index (κ3) is 2.61. The molecular formula is C17H14ClFN2. The molecule has 3 aromatic rings. The Balaban J connectivity index is 2.28. The monoisotopic (exact) mass is 300 g/mol. The number of rotatable bonds is 2. The van der Waals surface area contributed by atoms with Crippen molar-refractivity contribution in [2.45, 2.75) is 19.8 Å². The standard InChI is InChI=1S/C17H14ClFN2/c1-10(2)15-9-16(18)21-17(20-15)13-7-8-14(19)12-6-4-3-5-11(12)13/h3-10H,1-2H3. The van der Waals surface area contributed by atoms with Crippen LogP contribution in [-0.2, 0) is 0 Å². The Bertz CT molecular complexity index is 815. The first-order chi connectivity index (χ1) is 10.1. The van der Waals surface area contributed by atoms with E-state index in [2.05, 4.69) is 9.97 Å². The van der Waals surface area contributed by atoms with Gasteiger partial charge < -0.3 is 0 Å². The van der Waals surface area contributed by atoms with E-state index in [0.29, 0.717) is 16.4 Å². The van der Waals surface area contributed by atoms with Gasteiger partial charge in [0.2, 0.25) is 0 Å². The molecule has 1 heterocycles. The van der Waals surface area contributed by atoms with E-state index in [4.69, 9.17) is 11.6 Å². The zero-order valence-electron chi connectivity index (χ0n) is 11.8. The van der Waals surface area contributed by atoms with Gasteiger partial charge in [0.25, 0.3) is 0 Å². The summed E-state index contributed by atoms with van der Waals surface area (Å²) in [7, 11) is 0. The number of halogens is 2. The van der Waals surface area contributed by atoms with Crippen molar-refractivity contribution in [1.29, 1.82) is 0 Å². The second kappa shape index (κ2) is 5.41. The van der Waals surface area contributed by atoms with Crippen LogP contribution in [0.4, 0.5) is 4.39 Å². The maximum Gasteiger partial charge on any atom is 0.161 e. The maximum absolute atomic E-state index is 13.9. The molecule has 0 aliphatic rings. The molecule has 0 radical (unpaired) electrons. The number of fused-ring (bicyclic) bond motifs is 1. The maximum atomic E-state index is 13.9. The van der Waals surface area contributed by atoms with Crippen molar-refractivity contribution in [3.05, 3.63) is 59.1 Å². The zero-order valence-corrected chi connectivity index (χ0v) is 12.5. The summed E-state index contributed by atoms with van der Waals surface area (Å²) in [6.07, 6.45) is 0. The minimum absolute atomic E-state index is 0.246. The largest absolute Gasteiger partial charge is 0.233 e. The summed E-state index contributed by atoms with van der Waals surface area (Å²) in [6, 6.07) is 12.2. The van der Waals surface area contributed by atoms with Crippen molar-refractivity contribution in [2.24, 2.45) is 0 Å². The lowest BCUT2D eigenvalue weighted by Gasteiger charge is -2.10. The SMILES string of the molecule is CC(C)c1cc(Cl)nc(-c2ccc(F)c3ccccc23)n1. The highest BCUT2D eigenvalue weighted by molar-refractivity contribution is 6.29. The van der Waals surface area contributed by atoms with Crippen LogP contribution in [0.1, 0.15) is 25.5 Å². The second-order valence-corrected chi connectivity index (χ2v) is 5.62. The summed E-state index contributed by atoms with van der Waals surface area (Å²) in [5.74, 6) is 0.527. The smallest absolute Gasteiger partial charge is 0.161 e. The average Bonchev–Trinajstić information content (AvgIpc) is 2.47. The lowest BCUT2D eigenvalue weighted by Crippen LogP contribution is -1.98. The quantitative estimate of drug-likeness (QED) is 0.607. The van der Waals surface area contributed by atoms with Crippen LogP contribution in [0.3, 0.4) is 0 Å². The number of hydrogen-bond donors (Lipinski definition) is 0. The van der Waals surface area contributed by atoms with Gasteiger partial charge in [0.1, 0.15) is 11.0 Å². The molecule has 0 aliphatic carbocycles. The molecule has 0 amide bonds. The van der Waals surface area contributed by atoms with E-state index < -0.39 is 0 Å². The molecule has 0 N–H and O–H groups in total. The van der Waals surface area contributed by atoms with Gasteiger partial charge >= 0.3 is 0 Å². The summed E-state index contributed by atoms with van der Waals surface area (Å²) in [6.45, 7) is 4.09. The molecule has 2 aromatic carbocycles. The van der Waals surface area contributed by atoms with Gasteiger partial charge in [-0.1, -0.05) is 49.7 Å². The predicted octanol–water partition coefficient (Wildman–Crippen LogP) is 5.21. The Morgan fingerprint density at radius 1 is 1.00 bits per heavy atom. The molecule has 0 unspecified atom stereocenters. The van der Waals surface area contributed by atoms with E-state index in [-0.39, 0.29) is 11.7 Å². The summed E-state index contributed by atoms with van der Waals surface area (Å²) in [5.41, 5.74) is 1.66. The van der Waals surface area contributed by atoms with Gasteiger partial charge in [-0.3, -0.25) is 0 Å². The van der Waals surface area contributed by atoms with Gasteiger partial charge in [0.15, 0.2) is 5.82 Å². The summed E-state index contributed by atoms with van der Waals surface area (Å²) < 4.78 is 13.9. The summed E-state index contributed by atoms with van der Waals surface area (Å²) >= 11 is 6.10. The van der Waals surface area contributed by atoms with Gasteiger partial charge in [-0.05, 0) is 29.5 Å². The van der Waals surface area contributed by atoms with Gasteiger partial charge in [0, 0.05) is 16.6 Å². The van der Waals surface area contributed by atoms with E-state index in [1.54, 1.807) is 18.2 Å². The first-order valence-corrected chi connectivity index (χ1v) is 7.16. The van der Waals surface area contributed by atoms with Crippen LogP contribution in [0.25, 0.3) is 22.2 Å². The van der Waals surface area contributed by atoms with E-state index in [9.17, 15) is 4.39 Å². The van der Waals surface area contributed by atoms with Gasteiger partial charge in [-0.25, -0.2) is 14.4 Å². The van der Waals surface area contributed by atoms with Crippen molar-refractivity contribution in [2.75, 3.05) is 0 Å². The molecule has 0 saturated carbocycles. The number of hydrogen-bond acceptors (Lipinski definition) is 2. The van der Waals surface area contributed by atoms with Crippen LogP contribution in [0.5, 0.6) is 0 Å². The van der Waals surface area contributed by atoms with Gasteiger partial charge in [-0.2, -0.15) is 0 Å². The highest BCUT2D eigenvalue weighted by atomic mass is 35.5. The molecule has 106 valence electrons. The third-order valence-corrected chi connectivity index (χ3v) is 3.61. The number of nitrogens with zero attached hydrogens (tertiary/aromatic N) is 2. The van der Waals surface area contributed by atoms with E-state index in [0.717, 1.165) is 16.6 Å². The van der Waals surface area contributed by atoms with Crippen LogP contribution >= 0.6 is 11.6 Å². The molecule has 2 nitrogen and oxygen atoms in total. The van der Waals surface area contributed by atoms with Crippen LogP contribution in [0, 0.1) is 5.82 Å². The summed E-state index contributed by atoms with van der Waals surface area (Å²) in [5, 5.41) is 1.75. The second-order valence-electron chi connectivity index (χ2n) is 5.23. The van der Waals surface area contributed by atoms with Crippen LogP contribution in [0.15, 0.2) is 42.5 Å². The minimum Gasteiger partial charge on any atom is -0.233 e. The van der Waals surface area contributed by atoms with Crippen molar-refractivity contribution in [3.8, 4) is 11.4 Å². The molecule has 1 aromatic heterocycles. The molecule has 3 rings (SSSR count). The molecule has 0 fully saturated rings. The first-order valence-electron chi connectivity index (χ1n) is 6.78. The number of aromatic nitrogens is 2. The van der Waals surface area contributed by atoms with Crippen LogP contribution < -0.4 is 0 Å². The van der Waals surface area contributed by atoms with Crippen molar-refractivity contribution >= 4 is 22.4 Å². The summed E-state index contributed by atoms with van der Waals surface area (Å²) in [4.78, 5) is 8.86. The Kier molecular flexibility index (Phi) is 3.60. The highest BCUT2D eigenvalue weighted by Gasteiger charge is 2.12. The van der Waals surface area contributed by atoms with Crippen LogP contribution in [-0.4, -0.2) is 9.97 Å². The fraction of sp³-hybridized carbons (Fsp3) is 0.176. The lowest BCUT2D eigenvalue weighted by molar-refractivity contribution is 0.640. The molecule has 0 aliphatic heterocycles. The first kappa shape index (κ1) is 14.0. The minimum atomic E-state index is -0.250. The normalized spacial score (nSPS) is 11.3. The lowest BCUT2D eigenvalue weighted by atomic mass is 10.0. The number of benzene rings is 2. The average molecular weight is 301 g/mol. The Morgan fingerprint density at radius 2 is 1.71 bits per heavy atom. The molecule has 0 spiro atoms. The van der Waals surface area contributed by atoms with Crippen molar-refractivity contribution < 1.29 is 4.39 Å². The zero-order chi connectivity index (χ0) is 15.0. The van der Waals surface area contributed by atoms with Gasteiger partial charge in [-0.15, -0.1) is 0 Å². The third-order valence-electron chi connectivity index (χ3n) is 3.42. The Hall–Kier alpha value is -2.00. The molecular weight excluding hydrogens is 287 g/mol. The van der Waals surface area contributed by atoms with Crippen molar-refractivity contribution in [3.63, 3.8) is 0 Å². The molecule has 21 heavy (non-hydrogen) atoms. The van der Waals surface area contributed by atoms with Crippen LogP contribution in [0.2, 0.25) is 5.15 Å². The fourth-order valence-corrected chi connectivity index (χ4v) is 2.50. The molecule has 0 atom stereocenters. The van der Waals surface area contributed by atoms with E-state index in [1.807, 2.05) is 32.0 Å². The molecule has 0 bridgehead atoms. The highest BCUT2D eigenvalue weighted by Crippen LogP contribution is 2.29.